The number of benzene rings is 1. The highest BCUT2D eigenvalue weighted by Crippen LogP contribution is 2.44. The van der Waals surface area contributed by atoms with Gasteiger partial charge in [0.2, 0.25) is 0 Å². The summed E-state index contributed by atoms with van der Waals surface area (Å²) in [5.74, 6) is -0.133. The second-order valence-electron chi connectivity index (χ2n) is 9.60. The molecule has 2 aromatic heterocycles. The van der Waals surface area contributed by atoms with Crippen LogP contribution in [0, 0.1) is 11.3 Å². The van der Waals surface area contributed by atoms with Gasteiger partial charge in [-0.3, -0.25) is 14.3 Å². The van der Waals surface area contributed by atoms with Gasteiger partial charge in [0.15, 0.2) is 5.69 Å². The molecular formula is C25H28Cl2N4O2S. The van der Waals surface area contributed by atoms with E-state index in [-0.39, 0.29) is 17.2 Å². The van der Waals surface area contributed by atoms with Crippen molar-refractivity contribution in [2.45, 2.75) is 53.5 Å². The van der Waals surface area contributed by atoms with Crippen LogP contribution in [0.3, 0.4) is 0 Å². The minimum atomic E-state index is -0.336. The molecule has 0 bridgehead atoms. The molecule has 34 heavy (non-hydrogen) atoms. The standard InChI is InChI=1S/C25H28Cl2N4O2S/c1-5-31-11-10-19(30-31)22(32)29-24-21(23(33)28-18-9-7-15(26)13-17(18)27)16-8-6-14(25(2,3)4)12-20(16)34-24/h7,9-11,13-14H,5-6,8,12H2,1-4H3,(H,28,33)(H,29,32)/t14-/m0/s1. The highest BCUT2D eigenvalue weighted by atomic mass is 35.5. The van der Waals surface area contributed by atoms with E-state index in [1.54, 1.807) is 35.1 Å². The van der Waals surface area contributed by atoms with Crippen LogP contribution >= 0.6 is 34.5 Å². The molecule has 1 aromatic carbocycles. The van der Waals surface area contributed by atoms with Crippen molar-refractivity contribution in [3.8, 4) is 0 Å². The largest absolute Gasteiger partial charge is 0.321 e. The number of amides is 2. The fraction of sp³-hybridized carbons (Fsp3) is 0.400. The Morgan fingerprint density at radius 1 is 1.18 bits per heavy atom. The number of carbonyl (C=O) groups excluding carboxylic acids is 2. The Morgan fingerprint density at radius 2 is 1.94 bits per heavy atom. The van der Waals surface area contributed by atoms with Gasteiger partial charge in [0.25, 0.3) is 11.8 Å². The minimum Gasteiger partial charge on any atom is -0.321 e. The van der Waals surface area contributed by atoms with E-state index in [1.165, 1.54) is 11.3 Å². The normalized spacial score (nSPS) is 15.6. The molecule has 0 radical (unpaired) electrons. The molecule has 3 aromatic rings. The molecular weight excluding hydrogens is 491 g/mol. The third kappa shape index (κ3) is 5.16. The molecule has 0 unspecified atom stereocenters. The highest BCUT2D eigenvalue weighted by Gasteiger charge is 2.34. The van der Waals surface area contributed by atoms with Crippen molar-refractivity contribution in [2.75, 3.05) is 10.6 Å². The molecule has 6 nitrogen and oxygen atoms in total. The van der Waals surface area contributed by atoms with Crippen LogP contribution in [0.5, 0.6) is 0 Å². The summed E-state index contributed by atoms with van der Waals surface area (Å²) < 4.78 is 1.69. The molecule has 0 spiro atoms. The number of hydrogen-bond acceptors (Lipinski definition) is 4. The second-order valence-corrected chi connectivity index (χ2v) is 11.6. The first kappa shape index (κ1) is 24.8. The van der Waals surface area contributed by atoms with Gasteiger partial charge >= 0.3 is 0 Å². The number of rotatable bonds is 5. The maximum Gasteiger partial charge on any atom is 0.276 e. The molecule has 0 aliphatic heterocycles. The summed E-state index contributed by atoms with van der Waals surface area (Å²) in [7, 11) is 0. The Morgan fingerprint density at radius 3 is 2.59 bits per heavy atom. The van der Waals surface area contributed by atoms with Gasteiger partial charge in [-0.2, -0.15) is 5.10 Å². The molecule has 9 heteroatoms. The molecule has 2 heterocycles. The van der Waals surface area contributed by atoms with Crippen LogP contribution < -0.4 is 10.6 Å². The number of anilines is 2. The zero-order chi connectivity index (χ0) is 24.6. The first-order valence-electron chi connectivity index (χ1n) is 11.3. The smallest absolute Gasteiger partial charge is 0.276 e. The van der Waals surface area contributed by atoms with Crippen molar-refractivity contribution < 1.29 is 9.59 Å². The van der Waals surface area contributed by atoms with E-state index in [4.69, 9.17) is 23.2 Å². The van der Waals surface area contributed by atoms with E-state index < -0.39 is 0 Å². The zero-order valence-electron chi connectivity index (χ0n) is 19.7. The molecule has 2 amide bonds. The van der Waals surface area contributed by atoms with Gasteiger partial charge in [0.1, 0.15) is 5.00 Å². The lowest BCUT2D eigenvalue weighted by Crippen LogP contribution is -2.27. The lowest BCUT2D eigenvalue weighted by atomic mass is 9.72. The molecule has 4 rings (SSSR count). The highest BCUT2D eigenvalue weighted by molar-refractivity contribution is 7.17. The molecule has 180 valence electrons. The van der Waals surface area contributed by atoms with Crippen LogP contribution in [-0.4, -0.2) is 21.6 Å². The van der Waals surface area contributed by atoms with Crippen LogP contribution in [0.4, 0.5) is 10.7 Å². The van der Waals surface area contributed by atoms with Crippen LogP contribution in [0.1, 0.15) is 65.4 Å². The first-order valence-corrected chi connectivity index (χ1v) is 12.9. The maximum absolute atomic E-state index is 13.5. The van der Waals surface area contributed by atoms with E-state index >= 15 is 0 Å². The maximum atomic E-state index is 13.5. The van der Waals surface area contributed by atoms with Crippen molar-refractivity contribution in [1.82, 2.24) is 9.78 Å². The topological polar surface area (TPSA) is 76.0 Å². The number of nitrogens with zero attached hydrogens (tertiary/aromatic N) is 2. The quantitative estimate of drug-likeness (QED) is 0.384. The van der Waals surface area contributed by atoms with Crippen LogP contribution in [0.15, 0.2) is 30.5 Å². The Bertz CT molecular complexity index is 1240. The summed E-state index contributed by atoms with van der Waals surface area (Å²) >= 11 is 13.8. The first-order chi connectivity index (χ1) is 16.1. The predicted octanol–water partition coefficient (Wildman–Crippen LogP) is 6.93. The van der Waals surface area contributed by atoms with E-state index in [9.17, 15) is 9.59 Å². The van der Waals surface area contributed by atoms with Gasteiger partial charge < -0.3 is 10.6 Å². The SMILES string of the molecule is CCn1ccc(C(=O)Nc2sc3c(c2C(=O)Nc2ccc(Cl)cc2Cl)CC[C@H](C(C)(C)C)C3)n1. The number of fused-ring (bicyclic) bond motifs is 1. The van der Waals surface area contributed by atoms with Crippen molar-refractivity contribution in [2.24, 2.45) is 11.3 Å². The molecule has 1 aliphatic rings. The van der Waals surface area contributed by atoms with Crippen molar-refractivity contribution in [1.29, 1.82) is 0 Å². The fourth-order valence-corrected chi connectivity index (χ4v) is 6.03. The number of nitrogens with one attached hydrogen (secondary N) is 2. The van der Waals surface area contributed by atoms with Gasteiger partial charge in [-0.15, -0.1) is 11.3 Å². The Hall–Kier alpha value is -2.35. The monoisotopic (exact) mass is 518 g/mol. The van der Waals surface area contributed by atoms with Crippen molar-refractivity contribution in [3.05, 3.63) is 62.2 Å². The molecule has 0 fully saturated rings. The Balaban J connectivity index is 1.68. The number of aryl methyl sites for hydroxylation is 1. The van der Waals surface area contributed by atoms with Gasteiger partial charge in [-0.05, 0) is 67.3 Å². The molecule has 1 aliphatic carbocycles. The van der Waals surface area contributed by atoms with Crippen LogP contribution in [0.2, 0.25) is 10.0 Å². The molecule has 2 N–H and O–H groups in total. The Kier molecular flexibility index (Phi) is 7.08. The predicted molar refractivity (Wildman–Crippen MR) is 140 cm³/mol. The van der Waals surface area contributed by atoms with E-state index in [0.717, 1.165) is 29.7 Å². The lowest BCUT2D eigenvalue weighted by Gasteiger charge is -2.33. The van der Waals surface area contributed by atoms with E-state index in [1.807, 2.05) is 6.92 Å². The lowest BCUT2D eigenvalue weighted by molar-refractivity contribution is 0.102. The van der Waals surface area contributed by atoms with Gasteiger partial charge in [0, 0.05) is 22.6 Å². The van der Waals surface area contributed by atoms with Crippen molar-refractivity contribution >= 4 is 57.0 Å². The third-order valence-corrected chi connectivity index (χ3v) is 8.04. The minimum absolute atomic E-state index is 0.164. The average molecular weight is 519 g/mol. The molecule has 0 saturated heterocycles. The van der Waals surface area contributed by atoms with Crippen LogP contribution in [-0.2, 0) is 19.4 Å². The fourth-order valence-electron chi connectivity index (χ4n) is 4.26. The van der Waals surface area contributed by atoms with Crippen molar-refractivity contribution in [3.63, 3.8) is 0 Å². The summed E-state index contributed by atoms with van der Waals surface area (Å²) in [5.41, 5.74) is 2.45. The van der Waals surface area contributed by atoms with Gasteiger partial charge in [0.05, 0.1) is 16.3 Å². The summed E-state index contributed by atoms with van der Waals surface area (Å²) in [6.07, 6.45) is 4.42. The van der Waals surface area contributed by atoms with E-state index in [2.05, 4.69) is 36.5 Å². The third-order valence-electron chi connectivity index (χ3n) is 6.32. The number of thiophene rings is 1. The molecule has 1 atom stereocenters. The number of hydrogen-bond donors (Lipinski definition) is 2. The Labute approximate surface area is 213 Å². The number of halogens is 2. The van der Waals surface area contributed by atoms with Gasteiger partial charge in [-0.1, -0.05) is 44.0 Å². The summed E-state index contributed by atoms with van der Waals surface area (Å²) in [4.78, 5) is 27.6. The average Bonchev–Trinajstić information content (AvgIpc) is 3.39. The summed E-state index contributed by atoms with van der Waals surface area (Å²) in [6, 6.07) is 6.61. The van der Waals surface area contributed by atoms with Gasteiger partial charge in [-0.25, -0.2) is 0 Å². The number of aromatic nitrogens is 2. The van der Waals surface area contributed by atoms with Crippen LogP contribution in [0.25, 0.3) is 0 Å². The second kappa shape index (κ2) is 9.72. The summed E-state index contributed by atoms with van der Waals surface area (Å²) in [5, 5.41) is 11.5. The number of carbonyl (C=O) groups is 2. The molecule has 0 saturated carbocycles. The summed E-state index contributed by atoms with van der Waals surface area (Å²) in [6.45, 7) is 9.37. The van der Waals surface area contributed by atoms with E-state index in [0.29, 0.717) is 44.5 Å². The zero-order valence-corrected chi connectivity index (χ0v) is 22.0.